The van der Waals surface area contributed by atoms with E-state index in [0.717, 1.165) is 40.9 Å². The van der Waals surface area contributed by atoms with Crippen LogP contribution < -0.4 is 10.1 Å². The summed E-state index contributed by atoms with van der Waals surface area (Å²) in [4.78, 5) is 0. The molecule has 0 saturated heterocycles. The highest BCUT2D eigenvalue weighted by molar-refractivity contribution is 6.30. The third-order valence-electron chi connectivity index (χ3n) is 2.85. The van der Waals surface area contributed by atoms with Crippen molar-refractivity contribution in [3.8, 4) is 5.75 Å². The van der Waals surface area contributed by atoms with Gasteiger partial charge < -0.3 is 10.1 Å². The van der Waals surface area contributed by atoms with Crippen LogP contribution in [0.4, 0.5) is 0 Å². The molecule has 0 aliphatic carbocycles. The van der Waals surface area contributed by atoms with E-state index in [0.29, 0.717) is 6.61 Å². The van der Waals surface area contributed by atoms with E-state index in [1.807, 2.05) is 26.0 Å². The Hall–Kier alpha value is -0.730. The Morgan fingerprint density at radius 3 is 2.33 bits per heavy atom. The summed E-state index contributed by atoms with van der Waals surface area (Å²) in [5.41, 5.74) is 2.20. The van der Waals surface area contributed by atoms with Gasteiger partial charge in [-0.3, -0.25) is 0 Å². The minimum atomic E-state index is 0.696. The van der Waals surface area contributed by atoms with E-state index in [2.05, 4.69) is 19.2 Å². The molecule has 0 fully saturated rings. The van der Waals surface area contributed by atoms with E-state index in [9.17, 15) is 0 Å². The quantitative estimate of drug-likeness (QED) is 0.757. The van der Waals surface area contributed by atoms with Crippen molar-refractivity contribution < 1.29 is 4.74 Å². The molecule has 1 aromatic carbocycles. The van der Waals surface area contributed by atoms with Gasteiger partial charge in [0.1, 0.15) is 12.4 Å². The minimum Gasteiger partial charge on any atom is -0.492 e. The maximum Gasteiger partial charge on any atom is 0.125 e. The Labute approximate surface area is 116 Å². The highest BCUT2D eigenvalue weighted by Gasteiger charge is 2.05. The predicted molar refractivity (Wildman–Crippen MR) is 78.7 cm³/mol. The summed E-state index contributed by atoms with van der Waals surface area (Å²) in [5, 5.41) is 4.16. The van der Waals surface area contributed by atoms with Crippen molar-refractivity contribution in [2.24, 2.45) is 5.92 Å². The molecule has 0 aliphatic rings. The van der Waals surface area contributed by atoms with Gasteiger partial charge >= 0.3 is 0 Å². The number of hydrogen-bond acceptors (Lipinski definition) is 2. The average molecular weight is 270 g/mol. The number of hydrogen-bond donors (Lipinski definition) is 1. The summed E-state index contributed by atoms with van der Waals surface area (Å²) in [6.07, 6.45) is 1.21. The van der Waals surface area contributed by atoms with Gasteiger partial charge in [-0.15, -0.1) is 0 Å². The van der Waals surface area contributed by atoms with Crippen LogP contribution >= 0.6 is 11.6 Å². The molecule has 0 bridgehead atoms. The fourth-order valence-corrected chi connectivity index (χ4v) is 2.19. The average Bonchev–Trinajstić information content (AvgIpc) is 2.25. The second kappa shape index (κ2) is 7.65. The second-order valence-electron chi connectivity index (χ2n) is 5.15. The number of benzene rings is 1. The Kier molecular flexibility index (Phi) is 6.51. The van der Waals surface area contributed by atoms with Crippen LogP contribution in [0.15, 0.2) is 12.1 Å². The Bertz CT molecular complexity index is 354. The van der Waals surface area contributed by atoms with E-state index in [-0.39, 0.29) is 0 Å². The lowest BCUT2D eigenvalue weighted by molar-refractivity contribution is 0.308. The SMILES string of the molecule is Cc1cc(Cl)cc(C)c1OCCNCCC(C)C. The van der Waals surface area contributed by atoms with Gasteiger partial charge in [0.2, 0.25) is 0 Å². The molecular formula is C15H24ClNO. The molecule has 0 amide bonds. The van der Waals surface area contributed by atoms with Gasteiger partial charge in [0.05, 0.1) is 0 Å². The van der Waals surface area contributed by atoms with E-state index in [1.54, 1.807) is 0 Å². The zero-order valence-electron chi connectivity index (χ0n) is 11.8. The van der Waals surface area contributed by atoms with Crippen LogP contribution in [0.5, 0.6) is 5.75 Å². The third kappa shape index (κ3) is 5.28. The maximum absolute atomic E-state index is 5.99. The first-order chi connectivity index (χ1) is 8.50. The molecule has 1 N–H and O–H groups in total. The molecule has 1 rings (SSSR count). The first kappa shape index (κ1) is 15.3. The number of rotatable bonds is 7. The van der Waals surface area contributed by atoms with Crippen molar-refractivity contribution in [1.29, 1.82) is 0 Å². The van der Waals surface area contributed by atoms with Gasteiger partial charge in [0, 0.05) is 11.6 Å². The van der Waals surface area contributed by atoms with Crippen molar-refractivity contribution in [3.05, 3.63) is 28.3 Å². The minimum absolute atomic E-state index is 0.696. The lowest BCUT2D eigenvalue weighted by Gasteiger charge is -2.13. The van der Waals surface area contributed by atoms with Crippen LogP contribution in [-0.4, -0.2) is 19.7 Å². The molecule has 3 heteroatoms. The largest absolute Gasteiger partial charge is 0.492 e. The highest BCUT2D eigenvalue weighted by atomic mass is 35.5. The summed E-state index contributed by atoms with van der Waals surface area (Å²) in [7, 11) is 0. The van der Waals surface area contributed by atoms with Crippen molar-refractivity contribution in [2.45, 2.75) is 34.1 Å². The van der Waals surface area contributed by atoms with E-state index in [4.69, 9.17) is 16.3 Å². The molecule has 1 aromatic rings. The number of aryl methyl sites for hydroxylation is 2. The molecule has 0 spiro atoms. The first-order valence-electron chi connectivity index (χ1n) is 6.61. The molecule has 0 unspecified atom stereocenters. The Balaban J connectivity index is 2.31. The molecular weight excluding hydrogens is 246 g/mol. The van der Waals surface area contributed by atoms with Gasteiger partial charge in [-0.25, -0.2) is 0 Å². The number of ether oxygens (including phenoxy) is 1. The van der Waals surface area contributed by atoms with Crippen molar-refractivity contribution in [3.63, 3.8) is 0 Å². The highest BCUT2D eigenvalue weighted by Crippen LogP contribution is 2.26. The van der Waals surface area contributed by atoms with Crippen LogP contribution in [0.2, 0.25) is 5.02 Å². The molecule has 0 aliphatic heterocycles. The monoisotopic (exact) mass is 269 g/mol. The zero-order chi connectivity index (χ0) is 13.5. The van der Waals surface area contributed by atoms with Crippen molar-refractivity contribution in [2.75, 3.05) is 19.7 Å². The normalized spacial score (nSPS) is 11.0. The predicted octanol–water partition coefficient (Wildman–Crippen LogP) is 3.97. The topological polar surface area (TPSA) is 21.3 Å². The lowest BCUT2D eigenvalue weighted by Crippen LogP contribution is -2.23. The fourth-order valence-electron chi connectivity index (χ4n) is 1.87. The van der Waals surface area contributed by atoms with Crippen LogP contribution in [0, 0.1) is 19.8 Å². The van der Waals surface area contributed by atoms with Crippen LogP contribution in [0.1, 0.15) is 31.4 Å². The molecule has 18 heavy (non-hydrogen) atoms. The van der Waals surface area contributed by atoms with Crippen molar-refractivity contribution >= 4 is 11.6 Å². The molecule has 0 heterocycles. The van der Waals surface area contributed by atoms with Gasteiger partial charge in [0.25, 0.3) is 0 Å². The van der Waals surface area contributed by atoms with Gasteiger partial charge in [-0.05, 0) is 56.0 Å². The fraction of sp³-hybridized carbons (Fsp3) is 0.600. The van der Waals surface area contributed by atoms with Crippen molar-refractivity contribution in [1.82, 2.24) is 5.32 Å². The maximum atomic E-state index is 5.99. The summed E-state index contributed by atoms with van der Waals surface area (Å²) >= 11 is 5.99. The van der Waals surface area contributed by atoms with E-state index in [1.165, 1.54) is 6.42 Å². The van der Waals surface area contributed by atoms with Crippen LogP contribution in [0.25, 0.3) is 0 Å². The molecule has 0 aromatic heterocycles. The lowest BCUT2D eigenvalue weighted by atomic mass is 10.1. The number of halogens is 1. The van der Waals surface area contributed by atoms with E-state index < -0.39 is 0 Å². The van der Waals surface area contributed by atoms with Crippen LogP contribution in [-0.2, 0) is 0 Å². The van der Waals surface area contributed by atoms with Gasteiger partial charge in [-0.2, -0.15) is 0 Å². The first-order valence-corrected chi connectivity index (χ1v) is 6.98. The summed E-state index contributed by atoms with van der Waals surface area (Å²) in [5.74, 6) is 1.71. The molecule has 102 valence electrons. The zero-order valence-corrected chi connectivity index (χ0v) is 12.6. The molecule has 0 saturated carbocycles. The molecule has 0 radical (unpaired) electrons. The van der Waals surface area contributed by atoms with E-state index >= 15 is 0 Å². The van der Waals surface area contributed by atoms with Crippen LogP contribution in [0.3, 0.4) is 0 Å². The molecule has 0 atom stereocenters. The molecule has 2 nitrogen and oxygen atoms in total. The summed E-state index contributed by atoms with van der Waals surface area (Å²) in [6.45, 7) is 11.2. The smallest absolute Gasteiger partial charge is 0.125 e. The Morgan fingerprint density at radius 1 is 1.17 bits per heavy atom. The summed E-state index contributed by atoms with van der Waals surface area (Å²) < 4.78 is 5.81. The van der Waals surface area contributed by atoms with Gasteiger partial charge in [-0.1, -0.05) is 25.4 Å². The summed E-state index contributed by atoms with van der Waals surface area (Å²) in [6, 6.07) is 3.88. The Morgan fingerprint density at radius 2 is 1.78 bits per heavy atom. The van der Waals surface area contributed by atoms with Gasteiger partial charge in [0.15, 0.2) is 0 Å². The standard InChI is InChI=1S/C15H24ClNO/c1-11(2)5-6-17-7-8-18-15-12(3)9-14(16)10-13(15)4/h9-11,17H,5-8H2,1-4H3. The number of nitrogens with one attached hydrogen (secondary N) is 1. The third-order valence-corrected chi connectivity index (χ3v) is 3.07. The second-order valence-corrected chi connectivity index (χ2v) is 5.59.